The van der Waals surface area contributed by atoms with E-state index in [1.165, 1.54) is 5.56 Å². The number of benzene rings is 1. The van der Waals surface area contributed by atoms with E-state index in [9.17, 15) is 9.90 Å². The SMILES string of the molecule is CC(C)N(C)Cc1ccccc1CNC(=O)CC1(O)CCCC1. The third kappa shape index (κ3) is 5.33. The van der Waals surface area contributed by atoms with Crippen molar-refractivity contribution >= 4 is 5.91 Å². The van der Waals surface area contributed by atoms with E-state index in [1.807, 2.05) is 12.1 Å². The lowest BCUT2D eigenvalue weighted by molar-refractivity contribution is -0.126. The first kappa shape index (κ1) is 18.0. The van der Waals surface area contributed by atoms with E-state index in [1.54, 1.807) is 0 Å². The lowest BCUT2D eigenvalue weighted by Crippen LogP contribution is -2.34. The van der Waals surface area contributed by atoms with Crippen molar-refractivity contribution in [3.8, 4) is 0 Å². The summed E-state index contributed by atoms with van der Waals surface area (Å²) in [4.78, 5) is 14.4. The molecule has 0 atom stereocenters. The number of nitrogens with zero attached hydrogens (tertiary/aromatic N) is 1. The van der Waals surface area contributed by atoms with Crippen LogP contribution in [-0.2, 0) is 17.9 Å². The molecule has 1 aromatic rings. The predicted molar refractivity (Wildman–Crippen MR) is 92.9 cm³/mol. The molecule has 1 aromatic carbocycles. The van der Waals surface area contributed by atoms with E-state index in [-0.39, 0.29) is 12.3 Å². The van der Waals surface area contributed by atoms with Crippen LogP contribution >= 0.6 is 0 Å². The first-order valence-corrected chi connectivity index (χ1v) is 8.66. The van der Waals surface area contributed by atoms with Crippen LogP contribution in [0.3, 0.4) is 0 Å². The van der Waals surface area contributed by atoms with Crippen LogP contribution in [-0.4, -0.2) is 34.6 Å². The molecule has 1 amide bonds. The quantitative estimate of drug-likeness (QED) is 0.813. The largest absolute Gasteiger partial charge is 0.389 e. The molecule has 0 saturated heterocycles. The van der Waals surface area contributed by atoms with E-state index in [0.29, 0.717) is 12.6 Å². The Kier molecular flexibility index (Phi) is 6.19. The third-order valence-electron chi connectivity index (χ3n) is 4.92. The molecule has 0 heterocycles. The van der Waals surface area contributed by atoms with Crippen LogP contribution in [0.5, 0.6) is 0 Å². The van der Waals surface area contributed by atoms with Gasteiger partial charge in [-0.2, -0.15) is 0 Å². The van der Waals surface area contributed by atoms with Crippen LogP contribution in [0.15, 0.2) is 24.3 Å². The number of rotatable bonds is 7. The minimum absolute atomic E-state index is 0.0542. The number of hydrogen-bond donors (Lipinski definition) is 2. The summed E-state index contributed by atoms with van der Waals surface area (Å²) in [5, 5.41) is 13.3. The topological polar surface area (TPSA) is 52.6 Å². The molecule has 0 unspecified atom stereocenters. The van der Waals surface area contributed by atoms with Gasteiger partial charge in [0.15, 0.2) is 0 Å². The highest BCUT2D eigenvalue weighted by Crippen LogP contribution is 2.32. The normalized spacial score (nSPS) is 17.0. The average molecular weight is 318 g/mol. The first-order chi connectivity index (χ1) is 10.9. The highest BCUT2D eigenvalue weighted by molar-refractivity contribution is 5.77. The zero-order valence-corrected chi connectivity index (χ0v) is 14.6. The fraction of sp³-hybridized carbons (Fsp3) is 0.632. The van der Waals surface area contributed by atoms with E-state index in [0.717, 1.165) is 37.8 Å². The highest BCUT2D eigenvalue weighted by atomic mass is 16.3. The number of carbonyl (C=O) groups excluding carboxylic acids is 1. The van der Waals surface area contributed by atoms with Crippen LogP contribution in [0.1, 0.15) is 57.1 Å². The van der Waals surface area contributed by atoms with Crippen molar-refractivity contribution in [1.82, 2.24) is 10.2 Å². The van der Waals surface area contributed by atoms with Gasteiger partial charge >= 0.3 is 0 Å². The fourth-order valence-corrected chi connectivity index (χ4v) is 3.10. The molecule has 1 aliphatic carbocycles. The number of nitrogens with one attached hydrogen (secondary N) is 1. The van der Waals surface area contributed by atoms with Crippen molar-refractivity contribution in [2.45, 2.75) is 70.7 Å². The van der Waals surface area contributed by atoms with Crippen LogP contribution in [0, 0.1) is 0 Å². The highest BCUT2D eigenvalue weighted by Gasteiger charge is 2.33. The molecule has 1 aliphatic rings. The average Bonchev–Trinajstić information content (AvgIpc) is 2.92. The maximum Gasteiger partial charge on any atom is 0.223 e. The molecule has 4 nitrogen and oxygen atoms in total. The molecule has 0 radical (unpaired) electrons. The molecule has 0 aliphatic heterocycles. The zero-order chi connectivity index (χ0) is 16.9. The number of carbonyl (C=O) groups is 1. The van der Waals surface area contributed by atoms with Gasteiger partial charge in [0.25, 0.3) is 0 Å². The van der Waals surface area contributed by atoms with Gasteiger partial charge in [0, 0.05) is 19.1 Å². The lowest BCUT2D eigenvalue weighted by Gasteiger charge is -2.23. The molecule has 0 bridgehead atoms. The Balaban J connectivity index is 1.91. The Bertz CT molecular complexity index is 522. The fourth-order valence-electron chi connectivity index (χ4n) is 3.10. The van der Waals surface area contributed by atoms with E-state index >= 15 is 0 Å². The molecular weight excluding hydrogens is 288 g/mol. The molecular formula is C19H30N2O2. The Hall–Kier alpha value is -1.39. The summed E-state index contributed by atoms with van der Waals surface area (Å²) >= 11 is 0. The van der Waals surface area contributed by atoms with Gasteiger partial charge in [0.2, 0.25) is 5.91 Å². The Morgan fingerprint density at radius 2 is 1.87 bits per heavy atom. The van der Waals surface area contributed by atoms with E-state index in [2.05, 4.69) is 43.2 Å². The van der Waals surface area contributed by atoms with Crippen molar-refractivity contribution in [2.75, 3.05) is 7.05 Å². The molecule has 128 valence electrons. The van der Waals surface area contributed by atoms with Crippen LogP contribution in [0.2, 0.25) is 0 Å². The molecule has 23 heavy (non-hydrogen) atoms. The van der Waals surface area contributed by atoms with E-state index < -0.39 is 5.60 Å². The molecule has 0 spiro atoms. The molecule has 2 N–H and O–H groups in total. The zero-order valence-electron chi connectivity index (χ0n) is 14.6. The summed E-state index contributed by atoms with van der Waals surface area (Å²) in [6, 6.07) is 8.70. The van der Waals surface area contributed by atoms with Gasteiger partial charge in [0.1, 0.15) is 0 Å². The van der Waals surface area contributed by atoms with Gasteiger partial charge < -0.3 is 10.4 Å². The van der Waals surface area contributed by atoms with E-state index in [4.69, 9.17) is 0 Å². The lowest BCUT2D eigenvalue weighted by atomic mass is 9.97. The van der Waals surface area contributed by atoms with Crippen molar-refractivity contribution in [2.24, 2.45) is 0 Å². The summed E-state index contributed by atoms with van der Waals surface area (Å²) in [6.07, 6.45) is 3.76. The second-order valence-corrected chi connectivity index (χ2v) is 7.16. The second kappa shape index (κ2) is 7.93. The van der Waals surface area contributed by atoms with Gasteiger partial charge in [-0.15, -0.1) is 0 Å². The molecule has 1 fully saturated rings. The standard InChI is InChI=1S/C19H30N2O2/c1-15(2)21(3)14-17-9-5-4-8-16(17)13-20-18(22)12-19(23)10-6-7-11-19/h4-5,8-9,15,23H,6-7,10-14H2,1-3H3,(H,20,22). The molecule has 1 saturated carbocycles. The maximum atomic E-state index is 12.1. The molecule has 4 heteroatoms. The van der Waals surface area contributed by atoms with Crippen molar-refractivity contribution in [1.29, 1.82) is 0 Å². The Morgan fingerprint density at radius 3 is 2.48 bits per heavy atom. The van der Waals surface area contributed by atoms with Crippen molar-refractivity contribution < 1.29 is 9.90 Å². The number of aliphatic hydroxyl groups is 1. The first-order valence-electron chi connectivity index (χ1n) is 8.66. The van der Waals surface area contributed by atoms with Gasteiger partial charge in [0.05, 0.1) is 12.0 Å². The minimum atomic E-state index is -0.776. The second-order valence-electron chi connectivity index (χ2n) is 7.16. The Morgan fingerprint density at radius 1 is 1.26 bits per heavy atom. The summed E-state index contributed by atoms with van der Waals surface area (Å²) in [7, 11) is 2.11. The minimum Gasteiger partial charge on any atom is -0.389 e. The summed E-state index contributed by atoms with van der Waals surface area (Å²) in [5.74, 6) is -0.0542. The summed E-state index contributed by atoms with van der Waals surface area (Å²) in [6.45, 7) is 5.74. The monoisotopic (exact) mass is 318 g/mol. The van der Waals surface area contributed by atoms with Gasteiger partial charge in [-0.1, -0.05) is 37.1 Å². The summed E-state index contributed by atoms with van der Waals surface area (Å²) in [5.41, 5.74) is 1.61. The summed E-state index contributed by atoms with van der Waals surface area (Å²) < 4.78 is 0. The number of amides is 1. The predicted octanol–water partition coefficient (Wildman–Crippen LogP) is 2.84. The maximum absolute atomic E-state index is 12.1. The van der Waals surface area contributed by atoms with Gasteiger partial charge in [-0.3, -0.25) is 9.69 Å². The smallest absolute Gasteiger partial charge is 0.223 e. The van der Waals surface area contributed by atoms with Gasteiger partial charge in [-0.05, 0) is 44.9 Å². The van der Waals surface area contributed by atoms with Crippen molar-refractivity contribution in [3.63, 3.8) is 0 Å². The van der Waals surface area contributed by atoms with Crippen LogP contribution < -0.4 is 5.32 Å². The Labute approximate surface area is 139 Å². The van der Waals surface area contributed by atoms with Crippen LogP contribution in [0.4, 0.5) is 0 Å². The van der Waals surface area contributed by atoms with Crippen LogP contribution in [0.25, 0.3) is 0 Å². The molecule has 2 rings (SSSR count). The van der Waals surface area contributed by atoms with Crippen molar-refractivity contribution in [3.05, 3.63) is 35.4 Å². The van der Waals surface area contributed by atoms with Gasteiger partial charge in [-0.25, -0.2) is 0 Å². The number of hydrogen-bond acceptors (Lipinski definition) is 3. The molecule has 0 aromatic heterocycles. The third-order valence-corrected chi connectivity index (χ3v) is 4.92.